The molecule has 114 valence electrons. The second-order valence-electron chi connectivity index (χ2n) is 5.83. The maximum absolute atomic E-state index is 13.4. The van der Waals surface area contributed by atoms with Gasteiger partial charge in [-0.3, -0.25) is 0 Å². The third-order valence-corrected chi connectivity index (χ3v) is 3.30. The first kappa shape index (κ1) is 17.1. The fraction of sp³-hybridized carbons (Fsp3) is 0.647. The molecule has 0 amide bonds. The molecule has 0 fully saturated rings. The average Bonchev–Trinajstić information content (AvgIpc) is 2.38. The summed E-state index contributed by atoms with van der Waals surface area (Å²) in [5.41, 5.74) is 0.904. The first-order valence-electron chi connectivity index (χ1n) is 7.63. The van der Waals surface area contributed by atoms with Crippen molar-refractivity contribution in [2.75, 3.05) is 13.2 Å². The van der Waals surface area contributed by atoms with Gasteiger partial charge < -0.3 is 10.1 Å². The second-order valence-corrected chi connectivity index (χ2v) is 5.83. The molecule has 2 unspecified atom stereocenters. The minimum absolute atomic E-state index is 0.0904. The highest BCUT2D eigenvalue weighted by Crippen LogP contribution is 2.20. The largest absolute Gasteiger partial charge is 0.372 e. The average molecular weight is 281 g/mol. The molecule has 3 heteroatoms. The Balaban J connectivity index is 2.64. The summed E-state index contributed by atoms with van der Waals surface area (Å²) in [6.07, 6.45) is 2.24. The van der Waals surface area contributed by atoms with Gasteiger partial charge in [0.15, 0.2) is 0 Å². The SMILES string of the molecule is CCCC(C)COC(CNC(C)C)c1cccc(F)c1. The summed E-state index contributed by atoms with van der Waals surface area (Å²) >= 11 is 0. The zero-order chi connectivity index (χ0) is 15.0. The molecular formula is C17H28FNO. The van der Waals surface area contributed by atoms with Crippen molar-refractivity contribution in [1.29, 1.82) is 0 Å². The van der Waals surface area contributed by atoms with Crippen LogP contribution in [0.5, 0.6) is 0 Å². The van der Waals surface area contributed by atoms with Gasteiger partial charge in [-0.15, -0.1) is 0 Å². The molecule has 0 aliphatic carbocycles. The Hall–Kier alpha value is -0.930. The van der Waals surface area contributed by atoms with E-state index in [1.807, 2.05) is 6.07 Å². The van der Waals surface area contributed by atoms with Crippen LogP contribution in [0.1, 0.15) is 52.2 Å². The summed E-state index contributed by atoms with van der Waals surface area (Å²) in [6.45, 7) is 10.0. The lowest BCUT2D eigenvalue weighted by Gasteiger charge is -2.22. The van der Waals surface area contributed by atoms with E-state index in [9.17, 15) is 4.39 Å². The van der Waals surface area contributed by atoms with Crippen LogP contribution < -0.4 is 5.32 Å². The number of hydrogen-bond donors (Lipinski definition) is 1. The van der Waals surface area contributed by atoms with Crippen LogP contribution in [-0.2, 0) is 4.74 Å². The highest BCUT2D eigenvalue weighted by atomic mass is 19.1. The van der Waals surface area contributed by atoms with Crippen molar-refractivity contribution in [3.63, 3.8) is 0 Å². The molecule has 1 aromatic carbocycles. The molecule has 0 heterocycles. The molecule has 0 saturated carbocycles. The van der Waals surface area contributed by atoms with Crippen molar-refractivity contribution in [3.8, 4) is 0 Å². The lowest BCUT2D eigenvalue weighted by atomic mass is 10.1. The zero-order valence-electron chi connectivity index (χ0n) is 13.2. The lowest BCUT2D eigenvalue weighted by Crippen LogP contribution is -2.30. The molecule has 1 aromatic rings. The van der Waals surface area contributed by atoms with Crippen LogP contribution in [0.25, 0.3) is 0 Å². The van der Waals surface area contributed by atoms with E-state index in [-0.39, 0.29) is 11.9 Å². The fourth-order valence-electron chi connectivity index (χ4n) is 2.18. The molecule has 1 rings (SSSR count). The molecule has 0 saturated heterocycles. The van der Waals surface area contributed by atoms with E-state index in [4.69, 9.17) is 4.74 Å². The predicted octanol–water partition coefficient (Wildman–Crippen LogP) is 4.32. The third-order valence-electron chi connectivity index (χ3n) is 3.30. The quantitative estimate of drug-likeness (QED) is 0.728. The fourth-order valence-corrected chi connectivity index (χ4v) is 2.18. The monoisotopic (exact) mass is 281 g/mol. The smallest absolute Gasteiger partial charge is 0.123 e. The lowest BCUT2D eigenvalue weighted by molar-refractivity contribution is 0.0287. The highest BCUT2D eigenvalue weighted by molar-refractivity contribution is 5.19. The van der Waals surface area contributed by atoms with Crippen LogP contribution in [0.4, 0.5) is 4.39 Å². The van der Waals surface area contributed by atoms with E-state index < -0.39 is 0 Å². The minimum Gasteiger partial charge on any atom is -0.372 e. The van der Waals surface area contributed by atoms with Gasteiger partial charge in [-0.1, -0.05) is 46.2 Å². The summed E-state index contributed by atoms with van der Waals surface area (Å²) in [4.78, 5) is 0. The van der Waals surface area contributed by atoms with Gasteiger partial charge in [-0.2, -0.15) is 0 Å². The molecule has 20 heavy (non-hydrogen) atoms. The summed E-state index contributed by atoms with van der Waals surface area (Å²) in [5, 5.41) is 3.37. The Labute approximate surface area is 122 Å². The van der Waals surface area contributed by atoms with E-state index in [2.05, 4.69) is 33.0 Å². The summed E-state index contributed by atoms with van der Waals surface area (Å²) in [5.74, 6) is 0.331. The number of nitrogens with one attached hydrogen (secondary N) is 1. The van der Waals surface area contributed by atoms with Gasteiger partial charge in [0.1, 0.15) is 5.82 Å². The Kier molecular flexibility index (Phi) is 7.78. The summed E-state index contributed by atoms with van der Waals surface area (Å²) < 4.78 is 19.4. The van der Waals surface area contributed by atoms with Crippen molar-refractivity contribution in [1.82, 2.24) is 5.32 Å². The van der Waals surface area contributed by atoms with Crippen molar-refractivity contribution in [2.24, 2.45) is 5.92 Å². The topological polar surface area (TPSA) is 21.3 Å². The van der Waals surface area contributed by atoms with Gasteiger partial charge in [-0.05, 0) is 30.0 Å². The molecule has 1 N–H and O–H groups in total. The molecule has 0 spiro atoms. The van der Waals surface area contributed by atoms with Crippen LogP contribution in [0.3, 0.4) is 0 Å². The van der Waals surface area contributed by atoms with Gasteiger partial charge in [-0.25, -0.2) is 4.39 Å². The maximum atomic E-state index is 13.4. The van der Waals surface area contributed by atoms with Gasteiger partial charge in [0, 0.05) is 12.6 Å². The van der Waals surface area contributed by atoms with Crippen LogP contribution in [0.2, 0.25) is 0 Å². The number of halogens is 1. The van der Waals surface area contributed by atoms with Crippen molar-refractivity contribution >= 4 is 0 Å². The van der Waals surface area contributed by atoms with Gasteiger partial charge >= 0.3 is 0 Å². The Bertz CT molecular complexity index is 381. The number of ether oxygens (including phenoxy) is 1. The molecule has 2 atom stereocenters. The standard InChI is InChI=1S/C17H28FNO/c1-5-7-14(4)12-20-17(11-19-13(2)3)15-8-6-9-16(18)10-15/h6,8-10,13-14,17,19H,5,7,11-12H2,1-4H3. The first-order chi connectivity index (χ1) is 9.52. The maximum Gasteiger partial charge on any atom is 0.123 e. The van der Waals surface area contributed by atoms with Gasteiger partial charge in [0.2, 0.25) is 0 Å². The molecule has 2 nitrogen and oxygen atoms in total. The third kappa shape index (κ3) is 6.49. The molecule has 0 aliphatic rings. The van der Waals surface area contributed by atoms with Crippen LogP contribution >= 0.6 is 0 Å². The molecule has 0 aliphatic heterocycles. The zero-order valence-corrected chi connectivity index (χ0v) is 13.2. The Morgan fingerprint density at radius 3 is 2.60 bits per heavy atom. The first-order valence-corrected chi connectivity index (χ1v) is 7.63. The molecule has 0 aromatic heterocycles. The van der Waals surface area contributed by atoms with Crippen LogP contribution in [-0.4, -0.2) is 19.2 Å². The second kappa shape index (κ2) is 9.09. The molecule has 0 bridgehead atoms. The number of benzene rings is 1. The van der Waals surface area contributed by atoms with Crippen molar-refractivity contribution < 1.29 is 9.13 Å². The summed E-state index contributed by atoms with van der Waals surface area (Å²) in [6, 6.07) is 7.10. The van der Waals surface area contributed by atoms with Crippen molar-refractivity contribution in [3.05, 3.63) is 35.6 Å². The van der Waals surface area contributed by atoms with E-state index >= 15 is 0 Å². The predicted molar refractivity (Wildman–Crippen MR) is 82.3 cm³/mol. The van der Waals surface area contributed by atoms with E-state index in [0.717, 1.165) is 18.6 Å². The number of rotatable bonds is 9. The van der Waals surface area contributed by atoms with E-state index in [0.29, 0.717) is 18.5 Å². The Morgan fingerprint density at radius 1 is 1.25 bits per heavy atom. The normalized spacial score (nSPS) is 14.5. The summed E-state index contributed by atoms with van der Waals surface area (Å²) in [7, 11) is 0. The van der Waals surface area contributed by atoms with E-state index in [1.165, 1.54) is 12.5 Å². The number of hydrogen-bond acceptors (Lipinski definition) is 2. The van der Waals surface area contributed by atoms with Crippen LogP contribution in [0.15, 0.2) is 24.3 Å². The highest BCUT2D eigenvalue weighted by Gasteiger charge is 2.14. The minimum atomic E-state index is -0.206. The molecule has 0 radical (unpaired) electrons. The van der Waals surface area contributed by atoms with Gasteiger partial charge in [0.05, 0.1) is 12.7 Å². The molecular weight excluding hydrogens is 253 g/mol. The van der Waals surface area contributed by atoms with Crippen molar-refractivity contribution in [2.45, 2.75) is 52.7 Å². The van der Waals surface area contributed by atoms with Crippen LogP contribution in [0, 0.1) is 11.7 Å². The van der Waals surface area contributed by atoms with E-state index in [1.54, 1.807) is 12.1 Å². The van der Waals surface area contributed by atoms with Gasteiger partial charge in [0.25, 0.3) is 0 Å². The Morgan fingerprint density at radius 2 is 2.00 bits per heavy atom.